The molecule has 4 aliphatic carbocycles. The number of aliphatic hydroxyl groups is 1. The minimum absolute atomic E-state index is 0.0145. The second-order valence-electron chi connectivity index (χ2n) is 15.2. The van der Waals surface area contributed by atoms with E-state index in [0.717, 1.165) is 22.3 Å². The minimum Gasteiger partial charge on any atom is -0.461 e. The van der Waals surface area contributed by atoms with Crippen molar-refractivity contribution in [2.24, 2.45) is 46.3 Å². The average molecular weight is 639 g/mol. The highest BCUT2D eigenvalue weighted by atomic mass is 16.6. The molecule has 1 N–H and O–H groups in total. The first-order valence-electron chi connectivity index (χ1n) is 17.2. The number of hydrogen-bond donors (Lipinski definition) is 1. The van der Waals surface area contributed by atoms with E-state index in [1.165, 1.54) is 6.92 Å². The third-order valence-corrected chi connectivity index (χ3v) is 12.9. The summed E-state index contributed by atoms with van der Waals surface area (Å²) in [4.78, 5) is 53.6. The Morgan fingerprint density at radius 2 is 1.80 bits per heavy atom. The SMILES string of the molecule is C=C1C(=O)O[C@@H]2C[C@@H](C)[C@]34C[C@]5(C(=O)O[C@H]6CC(C)=C([C@H](C)CCCO)[C@H](OC(=O)[C@@H](C)CC)[C@H]65)[C@@H](C(C)=C3C[C@@H]12)[C@@H]4OC(C)=O. The Kier molecular flexibility index (Phi) is 8.34. The largest absolute Gasteiger partial charge is 0.461 e. The van der Waals surface area contributed by atoms with Crippen molar-refractivity contribution in [2.45, 2.75) is 118 Å². The molecule has 2 spiro atoms. The van der Waals surface area contributed by atoms with Gasteiger partial charge in [-0.3, -0.25) is 14.4 Å². The Labute approximate surface area is 272 Å². The highest BCUT2D eigenvalue weighted by molar-refractivity contribution is 5.91. The summed E-state index contributed by atoms with van der Waals surface area (Å²) in [5.74, 6) is -2.86. The number of esters is 4. The van der Waals surface area contributed by atoms with E-state index in [1.807, 2.05) is 27.7 Å². The van der Waals surface area contributed by atoms with Gasteiger partial charge in [-0.2, -0.15) is 0 Å². The average Bonchev–Trinajstić information content (AvgIpc) is 3.58. The van der Waals surface area contributed by atoms with E-state index < -0.39 is 46.9 Å². The third-order valence-electron chi connectivity index (χ3n) is 12.9. The van der Waals surface area contributed by atoms with E-state index in [-0.39, 0.29) is 54.3 Å². The van der Waals surface area contributed by atoms with Crippen LogP contribution in [-0.4, -0.2) is 60.0 Å². The molecule has 2 saturated heterocycles. The number of hydrogen-bond acceptors (Lipinski definition) is 9. The zero-order valence-corrected chi connectivity index (χ0v) is 28.4. The Morgan fingerprint density at radius 1 is 1.09 bits per heavy atom. The van der Waals surface area contributed by atoms with Gasteiger partial charge in [0.15, 0.2) is 0 Å². The maximum absolute atomic E-state index is 14.6. The van der Waals surface area contributed by atoms with Crippen molar-refractivity contribution < 1.29 is 43.2 Å². The van der Waals surface area contributed by atoms with Crippen LogP contribution >= 0.6 is 0 Å². The molecule has 0 amide bonds. The number of rotatable bonds is 8. The minimum atomic E-state index is -1.08. The first-order valence-corrected chi connectivity index (χ1v) is 17.2. The number of fused-ring (bicyclic) bond motifs is 5. The maximum Gasteiger partial charge on any atom is 0.334 e. The molecule has 12 atom stereocenters. The van der Waals surface area contributed by atoms with Gasteiger partial charge in [0.1, 0.15) is 24.4 Å². The fourth-order valence-corrected chi connectivity index (χ4v) is 10.7. The third kappa shape index (κ3) is 4.50. The van der Waals surface area contributed by atoms with E-state index in [4.69, 9.17) is 18.9 Å². The van der Waals surface area contributed by atoms with Crippen LogP contribution in [0.1, 0.15) is 93.4 Å². The molecule has 6 aliphatic rings. The number of ether oxygens (including phenoxy) is 4. The van der Waals surface area contributed by atoms with Gasteiger partial charge in [-0.25, -0.2) is 4.79 Å². The highest BCUT2D eigenvalue weighted by Gasteiger charge is 2.80. The van der Waals surface area contributed by atoms with Crippen LogP contribution in [0.25, 0.3) is 0 Å². The molecule has 2 heterocycles. The molecule has 0 aromatic rings. The summed E-state index contributed by atoms with van der Waals surface area (Å²) in [6, 6.07) is 0. The standard InChI is InChI=1S/C37H50O9/c1-9-17(2)33(40)46-31-28(18(3)11-10-12-38)19(4)13-27-30(31)37(35(42)45-27)16-36-20(5)14-26-24(21(6)34(41)44-26)15-25(36)22(7)29(37)32(36)43-23(8)39/h17-18,20,24,26-27,29-32,38H,6,9-16H2,1-5,7-8H3/t17-,18+,20+,24-,26+,27-,29-,30-,31-,32-,36+,37-/m0/s1. The molecular weight excluding hydrogens is 588 g/mol. The summed E-state index contributed by atoms with van der Waals surface area (Å²) >= 11 is 0. The van der Waals surface area contributed by atoms with Crippen LogP contribution < -0.4 is 0 Å². The Bertz CT molecular complexity index is 1420. The van der Waals surface area contributed by atoms with Gasteiger partial charge in [-0.05, 0) is 69.8 Å². The van der Waals surface area contributed by atoms with Crippen molar-refractivity contribution in [3.05, 3.63) is 34.4 Å². The molecule has 2 bridgehead atoms. The molecule has 2 aliphatic heterocycles. The summed E-state index contributed by atoms with van der Waals surface area (Å²) in [7, 11) is 0. The molecule has 0 unspecified atom stereocenters. The van der Waals surface area contributed by atoms with Crippen LogP contribution in [0.3, 0.4) is 0 Å². The molecule has 46 heavy (non-hydrogen) atoms. The van der Waals surface area contributed by atoms with Crippen LogP contribution in [0.2, 0.25) is 0 Å². The lowest BCUT2D eigenvalue weighted by Gasteiger charge is -2.46. The molecule has 252 valence electrons. The lowest BCUT2D eigenvalue weighted by atomic mass is 9.55. The van der Waals surface area contributed by atoms with Crippen molar-refractivity contribution in [2.75, 3.05) is 6.61 Å². The molecule has 0 aromatic heterocycles. The summed E-state index contributed by atoms with van der Waals surface area (Å²) in [6.45, 7) is 17.7. The van der Waals surface area contributed by atoms with E-state index in [0.29, 0.717) is 50.5 Å². The monoisotopic (exact) mass is 638 g/mol. The lowest BCUT2D eigenvalue weighted by molar-refractivity contribution is -0.160. The summed E-state index contributed by atoms with van der Waals surface area (Å²) in [6.07, 6.45) is 1.93. The van der Waals surface area contributed by atoms with Crippen LogP contribution in [0.4, 0.5) is 0 Å². The fourth-order valence-electron chi connectivity index (χ4n) is 10.7. The van der Waals surface area contributed by atoms with Gasteiger partial charge >= 0.3 is 23.9 Å². The topological polar surface area (TPSA) is 125 Å². The second kappa shape index (κ2) is 11.6. The van der Waals surface area contributed by atoms with Crippen molar-refractivity contribution in [3.63, 3.8) is 0 Å². The van der Waals surface area contributed by atoms with Gasteiger partial charge in [0.25, 0.3) is 0 Å². The smallest absolute Gasteiger partial charge is 0.334 e. The van der Waals surface area contributed by atoms with Gasteiger partial charge in [-0.1, -0.05) is 51.0 Å². The molecule has 0 radical (unpaired) electrons. The quantitative estimate of drug-likeness (QED) is 0.161. The van der Waals surface area contributed by atoms with Gasteiger partial charge in [0, 0.05) is 42.8 Å². The van der Waals surface area contributed by atoms with Crippen LogP contribution in [-0.2, 0) is 38.1 Å². The predicted octanol–water partition coefficient (Wildman–Crippen LogP) is 5.40. The van der Waals surface area contributed by atoms with E-state index in [2.05, 4.69) is 20.4 Å². The molecule has 9 nitrogen and oxygen atoms in total. The molecule has 6 rings (SSSR count). The number of aliphatic hydroxyl groups excluding tert-OH is 1. The van der Waals surface area contributed by atoms with Crippen molar-refractivity contribution in [1.82, 2.24) is 0 Å². The Morgan fingerprint density at radius 3 is 2.46 bits per heavy atom. The normalized spacial score (nSPS) is 40.7. The maximum atomic E-state index is 14.6. The van der Waals surface area contributed by atoms with Crippen molar-refractivity contribution in [3.8, 4) is 0 Å². The van der Waals surface area contributed by atoms with Crippen LogP contribution in [0, 0.1) is 46.3 Å². The van der Waals surface area contributed by atoms with Crippen LogP contribution in [0.5, 0.6) is 0 Å². The van der Waals surface area contributed by atoms with Crippen molar-refractivity contribution >= 4 is 23.9 Å². The van der Waals surface area contributed by atoms with E-state index in [1.54, 1.807) is 0 Å². The predicted molar refractivity (Wildman–Crippen MR) is 168 cm³/mol. The van der Waals surface area contributed by atoms with E-state index >= 15 is 0 Å². The summed E-state index contributed by atoms with van der Waals surface area (Å²) in [5, 5.41) is 9.65. The first kappa shape index (κ1) is 33.0. The summed E-state index contributed by atoms with van der Waals surface area (Å²) < 4.78 is 25.0. The van der Waals surface area contributed by atoms with Gasteiger partial charge in [0.05, 0.1) is 17.3 Å². The van der Waals surface area contributed by atoms with Gasteiger partial charge in [0.2, 0.25) is 0 Å². The summed E-state index contributed by atoms with van der Waals surface area (Å²) in [5.41, 5.74) is 2.93. The van der Waals surface area contributed by atoms with Gasteiger partial charge in [-0.15, -0.1) is 0 Å². The molecular formula is C37H50O9. The molecule has 2 saturated carbocycles. The van der Waals surface area contributed by atoms with Crippen LogP contribution in [0.15, 0.2) is 34.4 Å². The first-order chi connectivity index (χ1) is 21.7. The molecule has 0 aromatic carbocycles. The fraction of sp³-hybridized carbons (Fsp3) is 0.730. The van der Waals surface area contributed by atoms with E-state index in [9.17, 15) is 24.3 Å². The Balaban J connectivity index is 1.52. The van der Waals surface area contributed by atoms with Crippen molar-refractivity contribution in [1.29, 1.82) is 0 Å². The molecule has 9 heteroatoms. The zero-order valence-electron chi connectivity index (χ0n) is 28.4. The zero-order chi connectivity index (χ0) is 33.5. The number of carbonyl (C=O) groups excluding carboxylic acids is 4. The Hall–Kier alpha value is -2.94. The molecule has 4 fully saturated rings. The van der Waals surface area contributed by atoms with Gasteiger partial charge < -0.3 is 24.1 Å². The lowest BCUT2D eigenvalue weighted by Crippen LogP contribution is -2.51. The second-order valence-corrected chi connectivity index (χ2v) is 15.2. The highest BCUT2D eigenvalue weighted by Crippen LogP contribution is 2.76. The number of carbonyl (C=O) groups is 4.